The zero-order valence-electron chi connectivity index (χ0n) is 15.3. The first kappa shape index (κ1) is 20.6. The number of nitrogens with zero attached hydrogens (tertiary/aromatic N) is 1. The number of carbonyl (C=O) groups is 2. The van der Waals surface area contributed by atoms with Crippen LogP contribution in [0.5, 0.6) is 5.75 Å². The van der Waals surface area contributed by atoms with Crippen LogP contribution in [0.2, 0.25) is 5.02 Å². The Bertz CT molecular complexity index is 1290. The maximum atomic E-state index is 12.8. The lowest BCUT2D eigenvalue weighted by Crippen LogP contribution is -2.41. The molecule has 0 radical (unpaired) electrons. The molecule has 1 atom stereocenters. The van der Waals surface area contributed by atoms with Gasteiger partial charge in [0.15, 0.2) is 0 Å². The molecule has 2 aromatic carbocycles. The molecule has 2 amide bonds. The van der Waals surface area contributed by atoms with Crippen molar-refractivity contribution in [3.05, 3.63) is 53.1 Å². The summed E-state index contributed by atoms with van der Waals surface area (Å²) in [7, 11) is -3.95. The van der Waals surface area contributed by atoms with E-state index in [0.29, 0.717) is 5.02 Å². The fourth-order valence-electron chi connectivity index (χ4n) is 3.28. The summed E-state index contributed by atoms with van der Waals surface area (Å²) in [6.45, 7) is 0.170. The molecular formula is C19H16ClN3O5S2. The molecule has 0 spiro atoms. The molecule has 0 unspecified atom stereocenters. The molecule has 0 aliphatic carbocycles. The van der Waals surface area contributed by atoms with Crippen molar-refractivity contribution in [3.8, 4) is 5.75 Å². The summed E-state index contributed by atoms with van der Waals surface area (Å²) in [5, 5.41) is 11.3. The third kappa shape index (κ3) is 3.74. The number of nitrogens with two attached hydrogens (primary N) is 1. The molecule has 0 saturated carbocycles. The van der Waals surface area contributed by atoms with Gasteiger partial charge in [-0.2, -0.15) is 4.72 Å². The molecule has 1 aliphatic heterocycles. The molecule has 8 nitrogen and oxygen atoms in total. The number of primary amides is 1. The smallest absolute Gasteiger partial charge is 0.250 e. The van der Waals surface area contributed by atoms with E-state index < -0.39 is 27.9 Å². The topological polar surface area (TPSA) is 130 Å². The first-order valence-electron chi connectivity index (χ1n) is 8.81. The van der Waals surface area contributed by atoms with Crippen molar-refractivity contribution in [3.63, 3.8) is 0 Å². The monoisotopic (exact) mass is 465 g/mol. The van der Waals surface area contributed by atoms with Gasteiger partial charge in [0.25, 0.3) is 10.0 Å². The van der Waals surface area contributed by atoms with Gasteiger partial charge in [-0.3, -0.25) is 9.59 Å². The van der Waals surface area contributed by atoms with Gasteiger partial charge < -0.3 is 15.7 Å². The number of aromatic hydroxyl groups is 1. The maximum absolute atomic E-state index is 12.8. The van der Waals surface area contributed by atoms with E-state index in [9.17, 15) is 23.1 Å². The van der Waals surface area contributed by atoms with Crippen molar-refractivity contribution < 1.29 is 23.1 Å². The van der Waals surface area contributed by atoms with Gasteiger partial charge in [0.05, 0.1) is 5.69 Å². The number of halogens is 1. The number of phenolic OH excluding ortho intramolecular Hbond substituents is 1. The van der Waals surface area contributed by atoms with Crippen molar-refractivity contribution in [2.24, 2.45) is 5.73 Å². The van der Waals surface area contributed by atoms with Crippen molar-refractivity contribution in [2.75, 3.05) is 11.4 Å². The molecule has 1 saturated heterocycles. The quantitative estimate of drug-likeness (QED) is 0.532. The van der Waals surface area contributed by atoms with Crippen LogP contribution in [0.1, 0.15) is 16.8 Å². The highest BCUT2D eigenvalue weighted by atomic mass is 35.5. The summed E-state index contributed by atoms with van der Waals surface area (Å²) >= 11 is 7.02. The van der Waals surface area contributed by atoms with Crippen LogP contribution in [0.25, 0.3) is 10.1 Å². The van der Waals surface area contributed by atoms with Crippen LogP contribution in [-0.4, -0.2) is 37.9 Å². The maximum Gasteiger partial charge on any atom is 0.250 e. The number of nitrogens with one attached hydrogen (secondary N) is 1. The summed E-state index contributed by atoms with van der Waals surface area (Å²) in [5.74, 6) is -1.44. The second-order valence-electron chi connectivity index (χ2n) is 6.77. The number of sulfonamides is 1. The van der Waals surface area contributed by atoms with Gasteiger partial charge in [-0.1, -0.05) is 17.7 Å². The lowest BCUT2D eigenvalue weighted by Gasteiger charge is -2.19. The molecule has 1 aliphatic rings. The number of anilines is 1. The predicted octanol–water partition coefficient (Wildman–Crippen LogP) is 2.44. The lowest BCUT2D eigenvalue weighted by molar-refractivity contribution is -0.118. The molecule has 30 heavy (non-hydrogen) atoms. The van der Waals surface area contributed by atoms with E-state index in [2.05, 4.69) is 4.72 Å². The number of fused-ring (bicyclic) bond motifs is 1. The summed E-state index contributed by atoms with van der Waals surface area (Å²) in [4.78, 5) is 25.5. The molecule has 2 heterocycles. The standard InChI is InChI=1S/C19H16ClN3O5S2/c20-12-3-1-10-8-17(29-16(10)9-12)30(27,28)22-13-5-6-23(19(13)26)14-7-11(18(21)25)2-4-15(14)24/h1-4,7-9,13,22,24H,5-6H2,(H2,21,25)/t13-/m0/s1. The van der Waals surface area contributed by atoms with Gasteiger partial charge in [0.1, 0.15) is 16.0 Å². The Hall–Kier alpha value is -2.66. The minimum Gasteiger partial charge on any atom is -0.506 e. The average molecular weight is 466 g/mol. The fraction of sp³-hybridized carbons (Fsp3) is 0.158. The van der Waals surface area contributed by atoms with Crippen LogP contribution in [0.15, 0.2) is 46.7 Å². The molecule has 156 valence electrons. The van der Waals surface area contributed by atoms with Crippen LogP contribution < -0.4 is 15.4 Å². The minimum atomic E-state index is -3.95. The number of hydrogen-bond acceptors (Lipinski definition) is 6. The number of benzene rings is 2. The Morgan fingerprint density at radius 3 is 2.73 bits per heavy atom. The molecule has 3 aromatic rings. The molecule has 0 bridgehead atoms. The summed E-state index contributed by atoms with van der Waals surface area (Å²) in [6, 6.07) is 9.52. The molecule has 4 rings (SSSR count). The Morgan fingerprint density at radius 2 is 2.00 bits per heavy atom. The van der Waals surface area contributed by atoms with E-state index in [4.69, 9.17) is 17.3 Å². The van der Waals surface area contributed by atoms with Gasteiger partial charge in [0.2, 0.25) is 11.8 Å². The number of rotatable bonds is 5. The molecule has 1 fully saturated rings. The van der Waals surface area contributed by atoms with Gasteiger partial charge in [-0.05, 0) is 48.2 Å². The highest BCUT2D eigenvalue weighted by molar-refractivity contribution is 7.91. The third-order valence-electron chi connectivity index (χ3n) is 4.78. The fourth-order valence-corrected chi connectivity index (χ4v) is 6.19. The first-order valence-corrected chi connectivity index (χ1v) is 11.5. The third-order valence-corrected chi connectivity index (χ3v) is 8.06. The Morgan fingerprint density at radius 1 is 1.23 bits per heavy atom. The number of phenols is 1. The summed E-state index contributed by atoms with van der Waals surface area (Å²) in [6.07, 6.45) is 0.203. The van der Waals surface area contributed by atoms with Gasteiger partial charge >= 0.3 is 0 Å². The predicted molar refractivity (Wildman–Crippen MR) is 115 cm³/mol. The average Bonchev–Trinajstić information content (AvgIpc) is 3.26. The SMILES string of the molecule is NC(=O)c1ccc(O)c(N2CC[C@H](NS(=O)(=O)c3cc4ccc(Cl)cc4s3)C2=O)c1. The van der Waals surface area contributed by atoms with Crippen LogP contribution >= 0.6 is 22.9 Å². The largest absolute Gasteiger partial charge is 0.506 e. The first-order chi connectivity index (χ1) is 14.2. The number of carbonyl (C=O) groups excluding carboxylic acids is 2. The normalized spacial score (nSPS) is 17.0. The van der Waals surface area contributed by atoms with Crippen LogP contribution in [-0.2, 0) is 14.8 Å². The molecule has 1 aromatic heterocycles. The van der Waals surface area contributed by atoms with Crippen LogP contribution in [0, 0.1) is 0 Å². The molecule has 11 heteroatoms. The number of amides is 2. The molecular weight excluding hydrogens is 450 g/mol. The Labute approximate surface area is 180 Å². The Kier molecular flexibility index (Phi) is 5.18. The van der Waals surface area contributed by atoms with Crippen LogP contribution in [0.4, 0.5) is 5.69 Å². The number of hydrogen-bond donors (Lipinski definition) is 3. The van der Waals surface area contributed by atoms with E-state index in [-0.39, 0.29) is 34.2 Å². The van der Waals surface area contributed by atoms with E-state index in [1.165, 1.54) is 29.2 Å². The highest BCUT2D eigenvalue weighted by Gasteiger charge is 2.37. The van der Waals surface area contributed by atoms with Crippen LogP contribution in [0.3, 0.4) is 0 Å². The minimum absolute atomic E-state index is 0.0737. The van der Waals surface area contributed by atoms with Crippen molar-refractivity contribution in [1.82, 2.24) is 4.72 Å². The van der Waals surface area contributed by atoms with Gasteiger partial charge in [0, 0.05) is 21.8 Å². The lowest BCUT2D eigenvalue weighted by atomic mass is 10.1. The van der Waals surface area contributed by atoms with Gasteiger partial charge in [-0.15, -0.1) is 11.3 Å². The summed E-state index contributed by atoms with van der Waals surface area (Å²) < 4.78 is 28.9. The number of thiophene rings is 1. The van der Waals surface area contributed by atoms with E-state index in [1.54, 1.807) is 18.2 Å². The second-order valence-corrected chi connectivity index (χ2v) is 10.2. The zero-order valence-corrected chi connectivity index (χ0v) is 17.7. The molecule has 4 N–H and O–H groups in total. The second kappa shape index (κ2) is 7.55. The zero-order chi connectivity index (χ0) is 21.6. The highest BCUT2D eigenvalue weighted by Crippen LogP contribution is 2.34. The van der Waals surface area contributed by atoms with E-state index >= 15 is 0 Å². The summed E-state index contributed by atoms with van der Waals surface area (Å²) in [5.41, 5.74) is 5.49. The van der Waals surface area contributed by atoms with E-state index in [1.807, 2.05) is 0 Å². The van der Waals surface area contributed by atoms with Crippen molar-refractivity contribution in [1.29, 1.82) is 0 Å². The Balaban J connectivity index is 1.58. The van der Waals surface area contributed by atoms with Crippen molar-refractivity contribution >= 4 is 60.5 Å². The van der Waals surface area contributed by atoms with E-state index in [0.717, 1.165) is 21.4 Å². The van der Waals surface area contributed by atoms with Crippen molar-refractivity contribution in [2.45, 2.75) is 16.7 Å². The van der Waals surface area contributed by atoms with Gasteiger partial charge in [-0.25, -0.2) is 8.42 Å².